The van der Waals surface area contributed by atoms with Crippen LogP contribution in [0.15, 0.2) is 46.2 Å². The average Bonchev–Trinajstić information content (AvgIpc) is 3.33. The SMILES string of the molecule is CCc1noc(CC)c1CNC(=NC)NCc1cccc(Cn2ccnc2C)c1. The maximum absolute atomic E-state index is 5.44. The molecule has 0 aliphatic heterocycles. The first kappa shape index (κ1) is 20.6. The molecule has 2 heterocycles. The average molecular weight is 395 g/mol. The van der Waals surface area contributed by atoms with E-state index in [9.17, 15) is 0 Å². The van der Waals surface area contributed by atoms with E-state index < -0.39 is 0 Å². The largest absolute Gasteiger partial charge is 0.361 e. The summed E-state index contributed by atoms with van der Waals surface area (Å²) in [5.41, 5.74) is 4.60. The highest BCUT2D eigenvalue weighted by Gasteiger charge is 2.13. The summed E-state index contributed by atoms with van der Waals surface area (Å²) in [6, 6.07) is 8.56. The number of aromatic nitrogens is 3. The third kappa shape index (κ3) is 5.25. The van der Waals surface area contributed by atoms with Gasteiger partial charge in [-0.25, -0.2) is 4.98 Å². The summed E-state index contributed by atoms with van der Waals surface area (Å²) < 4.78 is 7.58. The Hall–Kier alpha value is -3.09. The molecule has 0 aliphatic rings. The summed E-state index contributed by atoms with van der Waals surface area (Å²) >= 11 is 0. The van der Waals surface area contributed by atoms with Crippen molar-refractivity contribution in [2.24, 2.45) is 4.99 Å². The van der Waals surface area contributed by atoms with Gasteiger partial charge in [0, 0.05) is 51.1 Å². The molecule has 3 rings (SSSR count). The first-order valence-electron chi connectivity index (χ1n) is 10.1. The first-order valence-corrected chi connectivity index (χ1v) is 10.1. The summed E-state index contributed by atoms with van der Waals surface area (Å²) in [6.45, 7) is 8.35. The molecule has 0 saturated carbocycles. The van der Waals surface area contributed by atoms with Crippen LogP contribution in [0.3, 0.4) is 0 Å². The molecule has 29 heavy (non-hydrogen) atoms. The topological polar surface area (TPSA) is 80.3 Å². The second-order valence-electron chi connectivity index (χ2n) is 6.94. The second kappa shape index (κ2) is 9.91. The highest BCUT2D eigenvalue weighted by Crippen LogP contribution is 2.15. The molecule has 0 amide bonds. The minimum absolute atomic E-state index is 0.648. The normalized spacial score (nSPS) is 11.7. The van der Waals surface area contributed by atoms with Gasteiger partial charge in [-0.15, -0.1) is 0 Å². The number of aliphatic imine (C=N–C) groups is 1. The van der Waals surface area contributed by atoms with Gasteiger partial charge in [0.2, 0.25) is 0 Å². The van der Waals surface area contributed by atoms with Gasteiger partial charge in [0.25, 0.3) is 0 Å². The zero-order valence-corrected chi connectivity index (χ0v) is 17.7. The summed E-state index contributed by atoms with van der Waals surface area (Å²) in [6.07, 6.45) is 5.53. The Balaban J connectivity index is 1.58. The van der Waals surface area contributed by atoms with E-state index in [2.05, 4.69) is 68.4 Å². The van der Waals surface area contributed by atoms with Gasteiger partial charge < -0.3 is 19.7 Å². The van der Waals surface area contributed by atoms with Crippen LogP contribution in [0.4, 0.5) is 0 Å². The predicted octanol–water partition coefficient (Wildman–Crippen LogP) is 3.22. The molecule has 0 radical (unpaired) electrons. The van der Waals surface area contributed by atoms with Crippen LogP contribution < -0.4 is 10.6 Å². The first-order chi connectivity index (χ1) is 14.1. The number of aryl methyl sites for hydroxylation is 3. The van der Waals surface area contributed by atoms with E-state index in [1.807, 2.05) is 19.3 Å². The quantitative estimate of drug-likeness (QED) is 0.453. The standard InChI is InChI=1S/C22H30N6O/c1-5-20-19(21(6-2)29-27-20)14-26-22(23-4)25-13-17-8-7-9-18(12-17)15-28-11-10-24-16(28)3/h7-12H,5-6,13-15H2,1-4H3,(H2,23,25,26). The van der Waals surface area contributed by atoms with Crippen molar-refractivity contribution >= 4 is 5.96 Å². The molecular formula is C22H30N6O. The van der Waals surface area contributed by atoms with Gasteiger partial charge in [-0.3, -0.25) is 4.99 Å². The Labute approximate surface area is 172 Å². The van der Waals surface area contributed by atoms with Gasteiger partial charge in [0.1, 0.15) is 11.6 Å². The lowest BCUT2D eigenvalue weighted by Crippen LogP contribution is -2.36. The maximum Gasteiger partial charge on any atom is 0.191 e. The highest BCUT2D eigenvalue weighted by atomic mass is 16.5. The maximum atomic E-state index is 5.44. The Bertz CT molecular complexity index is 934. The molecule has 0 unspecified atom stereocenters. The summed E-state index contributed by atoms with van der Waals surface area (Å²) in [4.78, 5) is 8.63. The molecule has 1 aromatic carbocycles. The van der Waals surface area contributed by atoms with Gasteiger partial charge in [0.15, 0.2) is 5.96 Å². The zero-order chi connectivity index (χ0) is 20.6. The third-order valence-electron chi connectivity index (χ3n) is 4.99. The van der Waals surface area contributed by atoms with Crippen molar-refractivity contribution in [3.8, 4) is 0 Å². The van der Waals surface area contributed by atoms with Gasteiger partial charge in [-0.1, -0.05) is 43.3 Å². The summed E-state index contributed by atoms with van der Waals surface area (Å²) in [7, 11) is 1.78. The monoisotopic (exact) mass is 394 g/mol. The third-order valence-corrected chi connectivity index (χ3v) is 4.99. The minimum Gasteiger partial charge on any atom is -0.361 e. The van der Waals surface area contributed by atoms with Crippen LogP contribution in [0.5, 0.6) is 0 Å². The van der Waals surface area contributed by atoms with E-state index in [-0.39, 0.29) is 0 Å². The lowest BCUT2D eigenvalue weighted by molar-refractivity contribution is 0.380. The van der Waals surface area contributed by atoms with Crippen molar-refractivity contribution in [3.63, 3.8) is 0 Å². The fourth-order valence-corrected chi connectivity index (χ4v) is 3.32. The number of hydrogen-bond acceptors (Lipinski definition) is 4. The molecular weight excluding hydrogens is 364 g/mol. The number of hydrogen-bond donors (Lipinski definition) is 2. The van der Waals surface area contributed by atoms with Crippen molar-refractivity contribution in [1.82, 2.24) is 25.3 Å². The van der Waals surface area contributed by atoms with Gasteiger partial charge in [0.05, 0.1) is 5.69 Å². The number of nitrogens with one attached hydrogen (secondary N) is 2. The molecule has 0 atom stereocenters. The van der Waals surface area contributed by atoms with Crippen LogP contribution >= 0.6 is 0 Å². The van der Waals surface area contributed by atoms with Crippen molar-refractivity contribution in [2.45, 2.75) is 53.2 Å². The number of imidazole rings is 1. The smallest absolute Gasteiger partial charge is 0.191 e. The van der Waals surface area contributed by atoms with Crippen molar-refractivity contribution in [3.05, 3.63) is 70.6 Å². The lowest BCUT2D eigenvalue weighted by Gasteiger charge is -2.13. The van der Waals surface area contributed by atoms with E-state index in [4.69, 9.17) is 4.52 Å². The van der Waals surface area contributed by atoms with Crippen LogP contribution in [0.25, 0.3) is 0 Å². The Morgan fingerprint density at radius 3 is 2.62 bits per heavy atom. The van der Waals surface area contributed by atoms with Gasteiger partial charge in [-0.05, 0) is 24.5 Å². The van der Waals surface area contributed by atoms with E-state index in [0.717, 1.165) is 48.2 Å². The molecule has 0 bridgehead atoms. The van der Waals surface area contributed by atoms with Gasteiger partial charge in [-0.2, -0.15) is 0 Å². The summed E-state index contributed by atoms with van der Waals surface area (Å²) in [5, 5.41) is 10.9. The van der Waals surface area contributed by atoms with E-state index in [0.29, 0.717) is 13.1 Å². The van der Waals surface area contributed by atoms with E-state index in [1.165, 1.54) is 11.1 Å². The molecule has 2 aromatic heterocycles. The molecule has 154 valence electrons. The summed E-state index contributed by atoms with van der Waals surface area (Å²) in [5.74, 6) is 2.71. The Morgan fingerprint density at radius 1 is 1.14 bits per heavy atom. The minimum atomic E-state index is 0.648. The van der Waals surface area contributed by atoms with Crippen molar-refractivity contribution < 1.29 is 4.52 Å². The van der Waals surface area contributed by atoms with Crippen LogP contribution in [-0.4, -0.2) is 27.7 Å². The second-order valence-corrected chi connectivity index (χ2v) is 6.94. The fourth-order valence-electron chi connectivity index (χ4n) is 3.32. The van der Waals surface area contributed by atoms with Crippen LogP contribution in [0, 0.1) is 6.92 Å². The Kier molecular flexibility index (Phi) is 7.05. The zero-order valence-electron chi connectivity index (χ0n) is 17.7. The molecule has 2 N–H and O–H groups in total. The number of benzene rings is 1. The van der Waals surface area contributed by atoms with Crippen molar-refractivity contribution in [1.29, 1.82) is 0 Å². The molecule has 0 saturated heterocycles. The number of rotatable bonds is 8. The fraction of sp³-hybridized carbons (Fsp3) is 0.409. The van der Waals surface area contributed by atoms with Crippen LogP contribution in [-0.2, 0) is 32.5 Å². The van der Waals surface area contributed by atoms with Gasteiger partial charge >= 0.3 is 0 Å². The number of nitrogens with zero attached hydrogens (tertiary/aromatic N) is 4. The predicted molar refractivity (Wildman–Crippen MR) is 115 cm³/mol. The number of guanidine groups is 1. The highest BCUT2D eigenvalue weighted by molar-refractivity contribution is 5.79. The molecule has 3 aromatic rings. The van der Waals surface area contributed by atoms with E-state index >= 15 is 0 Å². The Morgan fingerprint density at radius 2 is 1.93 bits per heavy atom. The molecule has 0 aliphatic carbocycles. The molecule has 7 heteroatoms. The molecule has 0 spiro atoms. The van der Waals surface area contributed by atoms with Crippen LogP contribution in [0.1, 0.15) is 47.8 Å². The lowest BCUT2D eigenvalue weighted by atomic mass is 10.1. The van der Waals surface area contributed by atoms with Crippen molar-refractivity contribution in [2.75, 3.05) is 7.05 Å². The molecule has 7 nitrogen and oxygen atoms in total. The van der Waals surface area contributed by atoms with E-state index in [1.54, 1.807) is 7.05 Å². The molecule has 0 fully saturated rings. The van der Waals surface area contributed by atoms with Crippen LogP contribution in [0.2, 0.25) is 0 Å².